The van der Waals surface area contributed by atoms with Crippen LogP contribution in [0.2, 0.25) is 5.02 Å². The molecule has 2 heterocycles. The molecule has 0 saturated heterocycles. The van der Waals surface area contributed by atoms with Gasteiger partial charge in [-0.25, -0.2) is 13.6 Å². The van der Waals surface area contributed by atoms with E-state index in [0.29, 0.717) is 39.6 Å². The van der Waals surface area contributed by atoms with Gasteiger partial charge in [0.05, 0.1) is 5.56 Å². The number of aromatic nitrogens is 3. The number of amides is 1. The molecule has 0 radical (unpaired) electrons. The van der Waals surface area contributed by atoms with Crippen molar-refractivity contribution in [1.29, 1.82) is 0 Å². The molecule has 0 unspecified atom stereocenters. The van der Waals surface area contributed by atoms with Crippen LogP contribution in [0.4, 0.5) is 8.78 Å². The third-order valence-corrected chi connectivity index (χ3v) is 6.24. The number of carbonyl (C=O) groups excluding carboxylic acids is 1. The molecule has 38 heavy (non-hydrogen) atoms. The lowest BCUT2D eigenvalue weighted by Gasteiger charge is -2.12. The number of carbonyl (C=O) groups is 2. The number of nitrogens with one attached hydrogen (secondary N) is 1. The molecule has 5 rings (SSSR count). The van der Waals surface area contributed by atoms with E-state index < -0.39 is 23.5 Å². The lowest BCUT2D eigenvalue weighted by Crippen LogP contribution is -2.25. The molecule has 0 fully saturated rings. The maximum atomic E-state index is 14.0. The van der Waals surface area contributed by atoms with E-state index in [4.69, 9.17) is 16.7 Å². The maximum absolute atomic E-state index is 14.0. The van der Waals surface area contributed by atoms with E-state index in [0.717, 1.165) is 17.7 Å². The third-order valence-electron chi connectivity index (χ3n) is 5.99. The molecular weight excluding hydrogens is 514 g/mol. The zero-order chi connectivity index (χ0) is 26.8. The molecule has 0 atom stereocenters. The number of hydrogen-bond acceptors (Lipinski definition) is 4. The summed E-state index contributed by atoms with van der Waals surface area (Å²) in [4.78, 5) is 24.5. The summed E-state index contributed by atoms with van der Waals surface area (Å²) in [6.07, 6.45) is 0.361. The standard InChI is InChI=1S/C28H19ClF2N4O3/c29-21-8-3-16(4-9-21)11-25-33-34-26-14-20(19-7-10-22(30)23(31)12-19)13-24(35(25)26)27(36)32-15-17-1-5-18(6-2-17)28(37)38/h1-10,12-14H,11,15H2,(H,32,36)(H,37,38). The van der Waals surface area contributed by atoms with Gasteiger partial charge in [0.25, 0.3) is 5.91 Å². The van der Waals surface area contributed by atoms with Gasteiger partial charge in [-0.2, -0.15) is 0 Å². The van der Waals surface area contributed by atoms with E-state index in [2.05, 4.69) is 15.5 Å². The second-order valence-corrected chi connectivity index (χ2v) is 8.99. The fourth-order valence-electron chi connectivity index (χ4n) is 4.03. The van der Waals surface area contributed by atoms with Gasteiger partial charge in [0.15, 0.2) is 17.3 Å². The number of hydrogen-bond donors (Lipinski definition) is 2. The quantitative estimate of drug-likeness (QED) is 0.286. The zero-order valence-electron chi connectivity index (χ0n) is 19.7. The predicted octanol–water partition coefficient (Wildman–Crippen LogP) is 5.55. The Bertz CT molecular complexity index is 1670. The summed E-state index contributed by atoms with van der Waals surface area (Å²) in [5.74, 6) is -3.00. The Labute approximate surface area is 220 Å². The smallest absolute Gasteiger partial charge is 0.335 e. The van der Waals surface area contributed by atoms with Crippen molar-refractivity contribution < 1.29 is 23.5 Å². The van der Waals surface area contributed by atoms with Crippen molar-refractivity contribution in [2.75, 3.05) is 0 Å². The van der Waals surface area contributed by atoms with Gasteiger partial charge in [-0.3, -0.25) is 9.20 Å². The first-order valence-corrected chi connectivity index (χ1v) is 11.8. The fourth-order valence-corrected chi connectivity index (χ4v) is 4.15. The van der Waals surface area contributed by atoms with Crippen molar-refractivity contribution in [3.63, 3.8) is 0 Å². The molecule has 0 aliphatic rings. The van der Waals surface area contributed by atoms with Crippen LogP contribution < -0.4 is 5.32 Å². The highest BCUT2D eigenvalue weighted by molar-refractivity contribution is 6.30. The molecule has 1 amide bonds. The van der Waals surface area contributed by atoms with Crippen LogP contribution in [0.3, 0.4) is 0 Å². The average molecular weight is 533 g/mol. The largest absolute Gasteiger partial charge is 0.478 e. The Hall–Kier alpha value is -4.63. The SMILES string of the molecule is O=C(O)c1ccc(CNC(=O)c2cc(-c3ccc(F)c(F)c3)cc3nnc(Cc4ccc(Cl)cc4)n23)cc1. The highest BCUT2D eigenvalue weighted by Gasteiger charge is 2.19. The molecule has 0 bridgehead atoms. The first-order valence-electron chi connectivity index (χ1n) is 11.5. The Kier molecular flexibility index (Phi) is 6.85. The molecule has 0 aliphatic carbocycles. The predicted molar refractivity (Wildman–Crippen MR) is 137 cm³/mol. The van der Waals surface area contributed by atoms with Gasteiger partial charge in [-0.15, -0.1) is 10.2 Å². The van der Waals surface area contributed by atoms with Gasteiger partial charge in [0.2, 0.25) is 0 Å². The van der Waals surface area contributed by atoms with Crippen molar-refractivity contribution in [3.05, 3.63) is 124 Å². The molecule has 190 valence electrons. The average Bonchev–Trinajstić information content (AvgIpc) is 3.32. The van der Waals surface area contributed by atoms with Gasteiger partial charge in [0.1, 0.15) is 11.5 Å². The normalized spacial score (nSPS) is 11.0. The van der Waals surface area contributed by atoms with Crippen LogP contribution >= 0.6 is 11.6 Å². The first kappa shape index (κ1) is 25.0. The van der Waals surface area contributed by atoms with E-state index in [9.17, 15) is 18.4 Å². The molecule has 2 aromatic heterocycles. The highest BCUT2D eigenvalue weighted by Crippen LogP contribution is 2.26. The summed E-state index contributed by atoms with van der Waals surface area (Å²) in [6, 6.07) is 20.0. The van der Waals surface area contributed by atoms with Crippen molar-refractivity contribution in [2.24, 2.45) is 0 Å². The van der Waals surface area contributed by atoms with Crippen LogP contribution in [0, 0.1) is 11.6 Å². The molecule has 3 aromatic carbocycles. The molecule has 10 heteroatoms. The van der Waals surface area contributed by atoms with Gasteiger partial charge in [-0.05, 0) is 70.8 Å². The number of aromatic carboxylic acids is 1. The lowest BCUT2D eigenvalue weighted by atomic mass is 10.0. The number of carboxylic acid groups (broad SMARTS) is 1. The van der Waals surface area contributed by atoms with Gasteiger partial charge in [-0.1, -0.05) is 41.9 Å². The maximum Gasteiger partial charge on any atom is 0.335 e. The van der Waals surface area contributed by atoms with Crippen molar-refractivity contribution >= 4 is 29.1 Å². The minimum absolute atomic E-state index is 0.129. The van der Waals surface area contributed by atoms with Crippen LogP contribution in [0.1, 0.15) is 37.8 Å². The molecule has 0 saturated carbocycles. The highest BCUT2D eigenvalue weighted by atomic mass is 35.5. The summed E-state index contributed by atoms with van der Waals surface area (Å²) in [7, 11) is 0. The summed E-state index contributed by atoms with van der Waals surface area (Å²) in [6.45, 7) is 0.129. The summed E-state index contributed by atoms with van der Waals surface area (Å²) in [5.41, 5.74) is 3.10. The number of pyridine rings is 1. The number of benzene rings is 3. The van der Waals surface area contributed by atoms with Crippen LogP contribution in [-0.4, -0.2) is 31.6 Å². The monoisotopic (exact) mass is 532 g/mol. The minimum Gasteiger partial charge on any atom is -0.478 e. The number of fused-ring (bicyclic) bond motifs is 1. The molecule has 5 aromatic rings. The Balaban J connectivity index is 1.53. The number of nitrogens with zero attached hydrogens (tertiary/aromatic N) is 3. The Morgan fingerprint density at radius 3 is 2.24 bits per heavy atom. The van der Waals surface area contributed by atoms with E-state index in [-0.39, 0.29) is 17.8 Å². The molecular formula is C28H19ClF2N4O3. The van der Waals surface area contributed by atoms with Gasteiger partial charge < -0.3 is 10.4 Å². The van der Waals surface area contributed by atoms with Gasteiger partial charge >= 0.3 is 5.97 Å². The minimum atomic E-state index is -1.04. The number of rotatable bonds is 7. The Morgan fingerprint density at radius 1 is 0.842 bits per heavy atom. The zero-order valence-corrected chi connectivity index (χ0v) is 20.4. The topological polar surface area (TPSA) is 96.6 Å². The molecule has 7 nitrogen and oxygen atoms in total. The van der Waals surface area contributed by atoms with Crippen molar-refractivity contribution in [1.82, 2.24) is 19.9 Å². The second kappa shape index (κ2) is 10.4. The van der Waals surface area contributed by atoms with E-state index in [1.807, 2.05) is 12.1 Å². The Morgan fingerprint density at radius 2 is 1.55 bits per heavy atom. The number of carboxylic acids is 1. The summed E-state index contributed by atoms with van der Waals surface area (Å²) >= 11 is 6.00. The first-order chi connectivity index (χ1) is 18.3. The summed E-state index contributed by atoms with van der Waals surface area (Å²) < 4.78 is 29.1. The van der Waals surface area contributed by atoms with Crippen molar-refractivity contribution in [3.8, 4) is 11.1 Å². The van der Waals surface area contributed by atoms with Crippen LogP contribution in [-0.2, 0) is 13.0 Å². The van der Waals surface area contributed by atoms with Crippen LogP contribution in [0.5, 0.6) is 0 Å². The van der Waals surface area contributed by atoms with E-state index in [1.165, 1.54) is 18.2 Å². The molecule has 2 N–H and O–H groups in total. The van der Waals surface area contributed by atoms with E-state index >= 15 is 0 Å². The van der Waals surface area contributed by atoms with Crippen LogP contribution in [0.25, 0.3) is 16.8 Å². The fraction of sp³-hybridized carbons (Fsp3) is 0.0714. The lowest BCUT2D eigenvalue weighted by molar-refractivity contribution is 0.0696. The summed E-state index contributed by atoms with van der Waals surface area (Å²) in [5, 5.41) is 21.0. The van der Waals surface area contributed by atoms with Gasteiger partial charge in [0, 0.05) is 18.0 Å². The van der Waals surface area contributed by atoms with Crippen molar-refractivity contribution in [2.45, 2.75) is 13.0 Å². The van der Waals surface area contributed by atoms with E-state index in [1.54, 1.807) is 40.8 Å². The molecule has 0 spiro atoms. The number of halogens is 3. The third kappa shape index (κ3) is 5.23. The molecule has 0 aliphatic heterocycles. The second-order valence-electron chi connectivity index (χ2n) is 8.56. The van der Waals surface area contributed by atoms with Crippen LogP contribution in [0.15, 0.2) is 78.9 Å².